The Morgan fingerprint density at radius 1 is 1.37 bits per heavy atom. The first-order chi connectivity index (χ1) is 9.15. The quantitative estimate of drug-likeness (QED) is 0.882. The zero-order chi connectivity index (χ0) is 13.7. The average Bonchev–Trinajstić information content (AvgIpc) is 2.40. The molecule has 2 rings (SSSR count). The molecule has 2 atom stereocenters. The molecule has 1 saturated heterocycles. The Labute approximate surface area is 117 Å². The van der Waals surface area contributed by atoms with Crippen LogP contribution in [0.3, 0.4) is 0 Å². The molecule has 1 aliphatic rings. The first-order valence-electron chi connectivity index (χ1n) is 7.51. The van der Waals surface area contributed by atoms with Gasteiger partial charge in [0.25, 0.3) is 0 Å². The van der Waals surface area contributed by atoms with Gasteiger partial charge in [-0.3, -0.25) is 9.88 Å². The van der Waals surface area contributed by atoms with Crippen LogP contribution in [0, 0.1) is 5.92 Å². The van der Waals surface area contributed by atoms with Crippen LogP contribution < -0.4 is 5.32 Å². The van der Waals surface area contributed by atoms with Crippen LogP contribution in [-0.4, -0.2) is 41.6 Å². The normalized spacial score (nSPS) is 24.8. The minimum atomic E-state index is 0.644. The number of pyridine rings is 1. The maximum atomic E-state index is 4.08. The van der Waals surface area contributed by atoms with Crippen LogP contribution in [0.4, 0.5) is 0 Å². The molecule has 0 spiro atoms. The molecular weight excluding hydrogens is 234 g/mol. The molecule has 0 aromatic carbocycles. The summed E-state index contributed by atoms with van der Waals surface area (Å²) < 4.78 is 0. The molecule has 0 bridgehead atoms. The highest BCUT2D eigenvalue weighted by Crippen LogP contribution is 2.13. The van der Waals surface area contributed by atoms with Gasteiger partial charge in [0.1, 0.15) is 0 Å². The second-order valence-corrected chi connectivity index (χ2v) is 6.18. The molecule has 0 radical (unpaired) electrons. The highest BCUT2D eigenvalue weighted by Gasteiger charge is 2.24. The van der Waals surface area contributed by atoms with E-state index in [-0.39, 0.29) is 0 Å². The molecule has 0 saturated carbocycles. The van der Waals surface area contributed by atoms with E-state index < -0.39 is 0 Å². The Morgan fingerprint density at radius 2 is 2.11 bits per heavy atom. The van der Waals surface area contributed by atoms with Gasteiger partial charge in [0.05, 0.1) is 0 Å². The largest absolute Gasteiger partial charge is 0.311 e. The van der Waals surface area contributed by atoms with E-state index in [1.165, 1.54) is 18.5 Å². The van der Waals surface area contributed by atoms with Crippen molar-refractivity contribution in [2.45, 2.75) is 45.7 Å². The fraction of sp³-hybridized carbons (Fsp3) is 0.688. The van der Waals surface area contributed by atoms with Gasteiger partial charge in [-0.15, -0.1) is 0 Å². The highest BCUT2D eigenvalue weighted by molar-refractivity contribution is 5.10. The average molecular weight is 261 g/mol. The van der Waals surface area contributed by atoms with Crippen molar-refractivity contribution in [2.24, 2.45) is 5.92 Å². The van der Waals surface area contributed by atoms with Gasteiger partial charge in [0.15, 0.2) is 0 Å². The van der Waals surface area contributed by atoms with E-state index in [1.54, 1.807) is 0 Å². The molecule has 1 N–H and O–H groups in total. The maximum absolute atomic E-state index is 4.08. The smallest absolute Gasteiger partial charge is 0.0270 e. The van der Waals surface area contributed by atoms with Crippen LogP contribution in [-0.2, 0) is 6.42 Å². The summed E-state index contributed by atoms with van der Waals surface area (Å²) in [6, 6.07) is 5.55. The molecule has 3 nitrogen and oxygen atoms in total. The summed E-state index contributed by atoms with van der Waals surface area (Å²) in [6.45, 7) is 10.4. The first-order valence-corrected chi connectivity index (χ1v) is 7.51. The molecule has 2 heterocycles. The van der Waals surface area contributed by atoms with Crippen molar-refractivity contribution in [1.29, 1.82) is 0 Å². The highest BCUT2D eigenvalue weighted by atomic mass is 15.2. The first kappa shape index (κ1) is 14.5. The van der Waals surface area contributed by atoms with Gasteiger partial charge < -0.3 is 5.32 Å². The predicted molar refractivity (Wildman–Crippen MR) is 80.2 cm³/mol. The second-order valence-electron chi connectivity index (χ2n) is 6.18. The maximum Gasteiger partial charge on any atom is 0.0270 e. The third-order valence-corrected chi connectivity index (χ3v) is 3.97. The fourth-order valence-corrected chi connectivity index (χ4v) is 2.85. The van der Waals surface area contributed by atoms with Crippen molar-refractivity contribution in [3.05, 3.63) is 30.1 Å². The molecule has 1 aliphatic heterocycles. The zero-order valence-corrected chi connectivity index (χ0v) is 12.5. The number of hydrogen-bond donors (Lipinski definition) is 1. The van der Waals surface area contributed by atoms with E-state index in [1.807, 2.05) is 12.4 Å². The molecular formula is C16H27N3. The molecule has 0 aliphatic carbocycles. The Balaban J connectivity index is 1.83. The van der Waals surface area contributed by atoms with Gasteiger partial charge in [-0.2, -0.15) is 0 Å². The number of rotatable bonds is 5. The number of nitrogens with zero attached hydrogens (tertiary/aromatic N) is 2. The Kier molecular flexibility index (Phi) is 5.34. The molecule has 3 heteroatoms. The lowest BCUT2D eigenvalue weighted by Crippen LogP contribution is -2.56. The van der Waals surface area contributed by atoms with E-state index in [2.05, 4.69) is 48.1 Å². The van der Waals surface area contributed by atoms with Gasteiger partial charge in [-0.05, 0) is 43.4 Å². The summed E-state index contributed by atoms with van der Waals surface area (Å²) in [4.78, 5) is 6.71. The summed E-state index contributed by atoms with van der Waals surface area (Å²) in [7, 11) is 0. The van der Waals surface area contributed by atoms with Crippen molar-refractivity contribution >= 4 is 0 Å². The summed E-state index contributed by atoms with van der Waals surface area (Å²) in [5.74, 6) is 0.771. The van der Waals surface area contributed by atoms with Crippen molar-refractivity contribution in [3.8, 4) is 0 Å². The molecule has 0 amide bonds. The van der Waals surface area contributed by atoms with Gasteiger partial charge in [-0.25, -0.2) is 0 Å². The third-order valence-electron chi connectivity index (χ3n) is 3.97. The van der Waals surface area contributed by atoms with Crippen LogP contribution in [0.1, 0.15) is 32.8 Å². The van der Waals surface area contributed by atoms with E-state index in [9.17, 15) is 0 Å². The number of piperazine rings is 1. The Bertz CT molecular complexity index is 364. The summed E-state index contributed by atoms with van der Waals surface area (Å²) in [5.41, 5.74) is 1.39. The molecule has 2 unspecified atom stereocenters. The molecule has 106 valence electrons. The topological polar surface area (TPSA) is 28.2 Å². The van der Waals surface area contributed by atoms with Crippen molar-refractivity contribution < 1.29 is 0 Å². The number of nitrogens with one attached hydrogen (secondary N) is 1. The van der Waals surface area contributed by atoms with Gasteiger partial charge >= 0.3 is 0 Å². The van der Waals surface area contributed by atoms with Crippen LogP contribution in [0.2, 0.25) is 0 Å². The van der Waals surface area contributed by atoms with Gasteiger partial charge in [-0.1, -0.05) is 13.8 Å². The Morgan fingerprint density at radius 3 is 2.79 bits per heavy atom. The Hall–Kier alpha value is -0.930. The van der Waals surface area contributed by atoms with Gasteiger partial charge in [0, 0.05) is 44.1 Å². The summed E-state index contributed by atoms with van der Waals surface area (Å²) in [5, 5.41) is 3.68. The van der Waals surface area contributed by atoms with E-state index in [4.69, 9.17) is 0 Å². The van der Waals surface area contributed by atoms with Crippen LogP contribution in [0.25, 0.3) is 0 Å². The number of hydrogen-bond acceptors (Lipinski definition) is 3. The lowest BCUT2D eigenvalue weighted by molar-refractivity contribution is 0.133. The lowest BCUT2D eigenvalue weighted by atomic mass is 10.00. The van der Waals surface area contributed by atoms with Crippen LogP contribution >= 0.6 is 0 Å². The minimum absolute atomic E-state index is 0.644. The van der Waals surface area contributed by atoms with Crippen molar-refractivity contribution in [3.63, 3.8) is 0 Å². The van der Waals surface area contributed by atoms with E-state index in [0.29, 0.717) is 12.1 Å². The second kappa shape index (κ2) is 7.01. The molecule has 1 fully saturated rings. The van der Waals surface area contributed by atoms with E-state index in [0.717, 1.165) is 25.4 Å². The lowest BCUT2D eigenvalue weighted by Gasteiger charge is -2.39. The van der Waals surface area contributed by atoms with Crippen LogP contribution in [0.15, 0.2) is 24.5 Å². The van der Waals surface area contributed by atoms with Crippen molar-refractivity contribution in [1.82, 2.24) is 15.2 Å². The third kappa shape index (κ3) is 4.59. The fourth-order valence-electron chi connectivity index (χ4n) is 2.85. The zero-order valence-electron chi connectivity index (χ0n) is 12.5. The summed E-state index contributed by atoms with van der Waals surface area (Å²) in [6.07, 6.45) is 6.18. The monoisotopic (exact) mass is 261 g/mol. The molecule has 1 aromatic rings. The van der Waals surface area contributed by atoms with Crippen molar-refractivity contribution in [2.75, 3.05) is 19.6 Å². The summed E-state index contributed by atoms with van der Waals surface area (Å²) >= 11 is 0. The standard InChI is InChI=1S/C16H27N3/c1-13(2)10-16-12-19(14(3)11-18-16)9-6-15-4-7-17-8-5-15/h4-5,7-8,13-14,16,18H,6,9-12H2,1-3H3. The number of aromatic nitrogens is 1. The SMILES string of the molecule is CC(C)CC1CN(CCc2ccncc2)C(C)CN1. The van der Waals surface area contributed by atoms with E-state index >= 15 is 0 Å². The van der Waals surface area contributed by atoms with Crippen LogP contribution in [0.5, 0.6) is 0 Å². The minimum Gasteiger partial charge on any atom is -0.311 e. The van der Waals surface area contributed by atoms with Gasteiger partial charge in [0.2, 0.25) is 0 Å². The molecule has 1 aromatic heterocycles. The predicted octanol–water partition coefficient (Wildman–Crippen LogP) is 2.33. The molecule has 19 heavy (non-hydrogen) atoms.